The van der Waals surface area contributed by atoms with Crippen LogP contribution in [-0.4, -0.2) is 35.0 Å². The number of amides is 1. The Bertz CT molecular complexity index is 814. The van der Waals surface area contributed by atoms with Crippen molar-refractivity contribution in [1.82, 2.24) is 4.90 Å². The SMILES string of the molecule is O=C(O)[C@H]1CN(C(=O)c2ccc(COc3ccccc3)cc2)C[C@@H]1C1CC1. The lowest BCUT2D eigenvalue weighted by atomic mass is 9.92. The van der Waals surface area contributed by atoms with Crippen LogP contribution in [0.3, 0.4) is 0 Å². The molecule has 1 N–H and O–H groups in total. The van der Waals surface area contributed by atoms with Crippen molar-refractivity contribution in [3.8, 4) is 5.75 Å². The predicted molar refractivity (Wildman–Crippen MR) is 100 cm³/mol. The minimum Gasteiger partial charge on any atom is -0.489 e. The molecule has 1 saturated heterocycles. The lowest BCUT2D eigenvalue weighted by Gasteiger charge is -2.16. The minimum absolute atomic E-state index is 0.0834. The number of carboxylic acids is 1. The molecule has 0 bridgehead atoms. The first kappa shape index (κ1) is 17.6. The molecule has 2 fully saturated rings. The van der Waals surface area contributed by atoms with Gasteiger partial charge in [0, 0.05) is 18.7 Å². The highest BCUT2D eigenvalue weighted by molar-refractivity contribution is 5.95. The molecule has 0 unspecified atom stereocenters. The van der Waals surface area contributed by atoms with Gasteiger partial charge >= 0.3 is 5.97 Å². The Kier molecular flexibility index (Phi) is 4.84. The number of ether oxygens (including phenoxy) is 1. The first-order chi connectivity index (χ1) is 13.1. The average Bonchev–Trinajstić information content (AvgIpc) is 3.45. The van der Waals surface area contributed by atoms with Gasteiger partial charge in [-0.2, -0.15) is 0 Å². The number of likely N-dealkylation sites (tertiary alicyclic amines) is 1. The van der Waals surface area contributed by atoms with Gasteiger partial charge in [0.15, 0.2) is 0 Å². The minimum atomic E-state index is -0.782. The Morgan fingerprint density at radius 2 is 1.70 bits per heavy atom. The Morgan fingerprint density at radius 3 is 2.33 bits per heavy atom. The van der Waals surface area contributed by atoms with Crippen molar-refractivity contribution in [3.63, 3.8) is 0 Å². The normalized spacial score (nSPS) is 21.9. The molecule has 2 atom stereocenters. The van der Waals surface area contributed by atoms with E-state index in [9.17, 15) is 14.7 Å². The topological polar surface area (TPSA) is 66.8 Å². The van der Waals surface area contributed by atoms with Gasteiger partial charge in [0.25, 0.3) is 5.91 Å². The summed E-state index contributed by atoms with van der Waals surface area (Å²) in [5.74, 6) is 0.0856. The Morgan fingerprint density at radius 1 is 1.00 bits per heavy atom. The third kappa shape index (κ3) is 3.97. The molecule has 1 aliphatic carbocycles. The monoisotopic (exact) mass is 365 g/mol. The largest absolute Gasteiger partial charge is 0.489 e. The molecule has 2 aromatic carbocycles. The zero-order valence-corrected chi connectivity index (χ0v) is 15.1. The van der Waals surface area contributed by atoms with E-state index in [0.29, 0.717) is 31.2 Å². The standard InChI is InChI=1S/C22H23NO4/c24-21(23-12-19(16-10-11-16)20(13-23)22(25)26)17-8-6-15(7-9-17)14-27-18-4-2-1-3-5-18/h1-9,16,19-20H,10-14H2,(H,25,26)/t19-,20+/m1/s1. The quantitative estimate of drug-likeness (QED) is 0.851. The molecule has 1 aliphatic heterocycles. The van der Waals surface area contributed by atoms with E-state index >= 15 is 0 Å². The van der Waals surface area contributed by atoms with E-state index in [1.54, 1.807) is 17.0 Å². The van der Waals surface area contributed by atoms with E-state index in [-0.39, 0.29) is 11.8 Å². The van der Waals surface area contributed by atoms with E-state index in [0.717, 1.165) is 24.2 Å². The molecule has 0 spiro atoms. The molecule has 27 heavy (non-hydrogen) atoms. The molecular weight excluding hydrogens is 342 g/mol. The highest BCUT2D eigenvalue weighted by Gasteiger charge is 2.46. The van der Waals surface area contributed by atoms with Crippen molar-refractivity contribution in [3.05, 3.63) is 65.7 Å². The zero-order chi connectivity index (χ0) is 18.8. The number of carbonyl (C=O) groups excluding carboxylic acids is 1. The molecule has 5 nitrogen and oxygen atoms in total. The number of nitrogens with zero attached hydrogens (tertiary/aromatic N) is 1. The third-order valence-corrected chi connectivity index (χ3v) is 5.55. The lowest BCUT2D eigenvalue weighted by Crippen LogP contribution is -2.29. The summed E-state index contributed by atoms with van der Waals surface area (Å²) in [5.41, 5.74) is 1.58. The predicted octanol–water partition coefficient (Wildman–Crippen LogP) is 3.45. The van der Waals surface area contributed by atoms with Crippen molar-refractivity contribution in [2.24, 2.45) is 17.8 Å². The Balaban J connectivity index is 1.38. The van der Waals surface area contributed by atoms with Crippen LogP contribution in [-0.2, 0) is 11.4 Å². The number of rotatable bonds is 6. The Hall–Kier alpha value is -2.82. The lowest BCUT2D eigenvalue weighted by molar-refractivity contribution is -0.142. The van der Waals surface area contributed by atoms with Crippen molar-refractivity contribution < 1.29 is 19.4 Å². The number of hydrogen-bond donors (Lipinski definition) is 1. The Labute approximate surface area is 158 Å². The summed E-state index contributed by atoms with van der Waals surface area (Å²) in [4.78, 5) is 26.0. The number of aliphatic carboxylic acids is 1. The summed E-state index contributed by atoms with van der Waals surface area (Å²) < 4.78 is 5.72. The molecule has 1 saturated carbocycles. The summed E-state index contributed by atoms with van der Waals surface area (Å²) in [5, 5.41) is 9.47. The van der Waals surface area contributed by atoms with Crippen LogP contribution in [0.25, 0.3) is 0 Å². The van der Waals surface area contributed by atoms with Gasteiger partial charge in [0.05, 0.1) is 5.92 Å². The van der Waals surface area contributed by atoms with Crippen LogP contribution in [0, 0.1) is 17.8 Å². The fourth-order valence-corrected chi connectivity index (χ4v) is 3.87. The highest BCUT2D eigenvalue weighted by Crippen LogP contribution is 2.44. The highest BCUT2D eigenvalue weighted by atomic mass is 16.5. The van der Waals surface area contributed by atoms with Crippen molar-refractivity contribution in [2.75, 3.05) is 13.1 Å². The fourth-order valence-electron chi connectivity index (χ4n) is 3.87. The van der Waals surface area contributed by atoms with E-state index in [1.807, 2.05) is 42.5 Å². The summed E-state index contributed by atoms with van der Waals surface area (Å²) in [6, 6.07) is 17.0. The van der Waals surface area contributed by atoms with Crippen LogP contribution < -0.4 is 4.74 Å². The number of carbonyl (C=O) groups is 2. The van der Waals surface area contributed by atoms with Gasteiger partial charge in [0.1, 0.15) is 12.4 Å². The van der Waals surface area contributed by atoms with Gasteiger partial charge in [-0.15, -0.1) is 0 Å². The van der Waals surface area contributed by atoms with Crippen LogP contribution in [0.1, 0.15) is 28.8 Å². The van der Waals surface area contributed by atoms with Gasteiger partial charge in [0.2, 0.25) is 0 Å². The summed E-state index contributed by atoms with van der Waals surface area (Å²) >= 11 is 0. The van der Waals surface area contributed by atoms with Gasteiger partial charge in [-0.1, -0.05) is 30.3 Å². The zero-order valence-electron chi connectivity index (χ0n) is 15.1. The fraction of sp³-hybridized carbons (Fsp3) is 0.364. The maximum Gasteiger partial charge on any atom is 0.308 e. The summed E-state index contributed by atoms with van der Waals surface area (Å²) in [7, 11) is 0. The van der Waals surface area contributed by atoms with E-state index in [1.165, 1.54) is 0 Å². The first-order valence-corrected chi connectivity index (χ1v) is 9.40. The second-order valence-electron chi connectivity index (χ2n) is 7.45. The number of carboxylic acid groups (broad SMARTS) is 1. The number of hydrogen-bond acceptors (Lipinski definition) is 3. The van der Waals surface area contributed by atoms with Crippen LogP contribution in [0.15, 0.2) is 54.6 Å². The third-order valence-electron chi connectivity index (χ3n) is 5.55. The molecule has 5 heteroatoms. The van der Waals surface area contributed by atoms with E-state index in [2.05, 4.69) is 0 Å². The summed E-state index contributed by atoms with van der Waals surface area (Å²) in [6.07, 6.45) is 2.18. The molecule has 2 aliphatic rings. The van der Waals surface area contributed by atoms with Gasteiger partial charge in [-0.05, 0) is 54.5 Å². The van der Waals surface area contributed by atoms with Crippen LogP contribution in [0.2, 0.25) is 0 Å². The molecule has 140 valence electrons. The first-order valence-electron chi connectivity index (χ1n) is 9.40. The molecule has 2 aromatic rings. The molecule has 1 amide bonds. The molecule has 0 radical (unpaired) electrons. The molecule has 4 rings (SSSR count). The number of benzene rings is 2. The van der Waals surface area contributed by atoms with Gasteiger partial charge in [-0.3, -0.25) is 9.59 Å². The maximum atomic E-state index is 12.8. The molecular formula is C22H23NO4. The van der Waals surface area contributed by atoms with Crippen LogP contribution in [0.5, 0.6) is 5.75 Å². The summed E-state index contributed by atoms with van der Waals surface area (Å²) in [6.45, 7) is 1.31. The second-order valence-corrected chi connectivity index (χ2v) is 7.45. The van der Waals surface area contributed by atoms with Gasteiger partial charge < -0.3 is 14.7 Å². The molecule has 0 aromatic heterocycles. The van der Waals surface area contributed by atoms with Crippen LogP contribution in [0.4, 0.5) is 0 Å². The average molecular weight is 365 g/mol. The smallest absolute Gasteiger partial charge is 0.308 e. The maximum absolute atomic E-state index is 12.8. The number of para-hydroxylation sites is 1. The van der Waals surface area contributed by atoms with Crippen molar-refractivity contribution >= 4 is 11.9 Å². The van der Waals surface area contributed by atoms with Crippen LogP contribution >= 0.6 is 0 Å². The van der Waals surface area contributed by atoms with E-state index in [4.69, 9.17) is 4.74 Å². The van der Waals surface area contributed by atoms with Crippen molar-refractivity contribution in [2.45, 2.75) is 19.4 Å². The van der Waals surface area contributed by atoms with Gasteiger partial charge in [-0.25, -0.2) is 0 Å². The van der Waals surface area contributed by atoms with Crippen molar-refractivity contribution in [1.29, 1.82) is 0 Å². The van der Waals surface area contributed by atoms with E-state index < -0.39 is 11.9 Å². The molecule has 1 heterocycles. The second kappa shape index (κ2) is 7.43.